The highest BCUT2D eigenvalue weighted by molar-refractivity contribution is 7.80. The molecule has 2 aromatic rings. The summed E-state index contributed by atoms with van der Waals surface area (Å²) in [5.74, 6) is 0. The van der Waals surface area contributed by atoms with Crippen molar-refractivity contribution in [1.82, 2.24) is 0 Å². The van der Waals surface area contributed by atoms with E-state index in [1.165, 1.54) is 6.07 Å². The van der Waals surface area contributed by atoms with Crippen LogP contribution in [0.1, 0.15) is 18.1 Å². The van der Waals surface area contributed by atoms with Gasteiger partial charge < -0.3 is 10.2 Å². The topological polar surface area (TPSA) is 39.1 Å². The van der Waals surface area contributed by atoms with Crippen molar-refractivity contribution in [3.05, 3.63) is 71.8 Å². The Balaban J connectivity index is 2.32. The maximum atomic E-state index is 13.0. The summed E-state index contributed by atoms with van der Waals surface area (Å²) in [4.78, 5) is 1.56. The average Bonchev–Trinajstić information content (AvgIpc) is 2.62. The molecule has 0 spiro atoms. The zero-order valence-corrected chi connectivity index (χ0v) is 14.7. The number of hydrogen-bond donors (Lipinski definition) is 1. The summed E-state index contributed by atoms with van der Waals surface area (Å²) in [6, 6.07) is 13.7. The van der Waals surface area contributed by atoms with E-state index in [4.69, 9.17) is 17.5 Å². The third kappa shape index (κ3) is 5.07. The van der Waals surface area contributed by atoms with Crippen molar-refractivity contribution in [3.63, 3.8) is 0 Å². The minimum atomic E-state index is -4.43. The number of allylic oxidation sites excluding steroid dienone is 1. The number of rotatable bonds is 4. The van der Waals surface area contributed by atoms with Gasteiger partial charge >= 0.3 is 6.18 Å². The van der Waals surface area contributed by atoms with Crippen LogP contribution in [0.3, 0.4) is 0 Å². The number of alkyl halides is 3. The van der Waals surface area contributed by atoms with Gasteiger partial charge in [-0.1, -0.05) is 24.3 Å². The van der Waals surface area contributed by atoms with Crippen molar-refractivity contribution in [3.8, 4) is 6.07 Å². The number of nitrogens with zero attached hydrogens (tertiary/aromatic N) is 2. The van der Waals surface area contributed by atoms with Gasteiger partial charge in [-0.05, 0) is 55.5 Å². The van der Waals surface area contributed by atoms with Crippen LogP contribution in [0.2, 0.25) is 0 Å². The highest BCUT2D eigenvalue weighted by Gasteiger charge is 2.31. The number of anilines is 2. The smallest absolute Gasteiger partial charge is 0.332 e. The van der Waals surface area contributed by atoms with Crippen molar-refractivity contribution in [2.75, 3.05) is 16.8 Å². The predicted molar refractivity (Wildman–Crippen MR) is 101 cm³/mol. The van der Waals surface area contributed by atoms with Crippen LogP contribution in [-0.4, -0.2) is 11.7 Å². The van der Waals surface area contributed by atoms with Crippen molar-refractivity contribution < 1.29 is 13.2 Å². The molecule has 0 heterocycles. The lowest BCUT2D eigenvalue weighted by molar-refractivity contribution is -0.137. The molecule has 0 atom stereocenters. The molecule has 26 heavy (non-hydrogen) atoms. The van der Waals surface area contributed by atoms with E-state index in [-0.39, 0.29) is 5.11 Å². The normalized spacial score (nSPS) is 11.2. The summed E-state index contributed by atoms with van der Waals surface area (Å²) < 4.78 is 39.0. The Labute approximate surface area is 155 Å². The lowest BCUT2D eigenvalue weighted by Crippen LogP contribution is -2.35. The molecular formula is C19H16F3N3S. The molecule has 0 saturated heterocycles. The maximum absolute atomic E-state index is 13.0. The minimum absolute atomic E-state index is 0.234. The Kier molecular flexibility index (Phi) is 6.36. The van der Waals surface area contributed by atoms with E-state index >= 15 is 0 Å². The van der Waals surface area contributed by atoms with Gasteiger partial charge in [0.25, 0.3) is 0 Å². The minimum Gasteiger partial charge on any atom is -0.332 e. The van der Waals surface area contributed by atoms with Crippen LogP contribution in [0.15, 0.2) is 60.7 Å². The first-order valence-electron chi connectivity index (χ1n) is 7.72. The summed E-state index contributed by atoms with van der Waals surface area (Å²) in [5.41, 5.74) is 0.630. The van der Waals surface area contributed by atoms with Gasteiger partial charge in [-0.2, -0.15) is 18.4 Å². The number of hydrogen-bond acceptors (Lipinski definition) is 2. The number of nitrogens with one attached hydrogen (secondary N) is 1. The van der Waals surface area contributed by atoms with Crippen LogP contribution in [0, 0.1) is 11.3 Å². The fraction of sp³-hybridized carbons (Fsp3) is 0.158. The van der Waals surface area contributed by atoms with Crippen molar-refractivity contribution in [2.45, 2.75) is 13.1 Å². The van der Waals surface area contributed by atoms with Gasteiger partial charge in [0.2, 0.25) is 0 Å². The van der Waals surface area contributed by atoms with E-state index in [0.29, 0.717) is 23.5 Å². The molecule has 0 aromatic heterocycles. The third-order valence-electron chi connectivity index (χ3n) is 3.50. The summed E-state index contributed by atoms with van der Waals surface area (Å²) in [6.07, 6.45) is -0.849. The second kappa shape index (κ2) is 8.50. The van der Waals surface area contributed by atoms with Gasteiger partial charge in [0, 0.05) is 17.9 Å². The molecule has 0 saturated carbocycles. The van der Waals surface area contributed by atoms with Crippen molar-refractivity contribution in [2.24, 2.45) is 0 Å². The fourth-order valence-electron chi connectivity index (χ4n) is 2.22. The van der Waals surface area contributed by atoms with Crippen LogP contribution < -0.4 is 10.2 Å². The van der Waals surface area contributed by atoms with Crippen LogP contribution in [0.5, 0.6) is 0 Å². The van der Waals surface area contributed by atoms with Gasteiger partial charge in [-0.15, -0.1) is 0 Å². The molecule has 0 bridgehead atoms. The molecule has 1 N–H and O–H groups in total. The zero-order chi connectivity index (χ0) is 19.2. The van der Waals surface area contributed by atoms with Crippen LogP contribution in [0.4, 0.5) is 24.5 Å². The van der Waals surface area contributed by atoms with Gasteiger partial charge in [0.15, 0.2) is 5.11 Å². The fourth-order valence-corrected chi connectivity index (χ4v) is 2.52. The molecule has 7 heteroatoms. The molecule has 0 amide bonds. The molecule has 2 aromatic carbocycles. The maximum Gasteiger partial charge on any atom is 0.416 e. The standard InChI is InChI=1S/C19H16F3N3S/c1-2-3-10-25(17-9-5-7-15(12-17)19(20,21)22)18(26)24-16-8-4-6-14(11-16)13-23/h2-9,11-12H,10H2,1H3,(H,24,26). The molecule has 0 radical (unpaired) electrons. The van der Waals surface area contributed by atoms with E-state index in [0.717, 1.165) is 12.1 Å². The first kappa shape index (κ1) is 19.5. The molecule has 0 fully saturated rings. The first-order chi connectivity index (χ1) is 12.3. The quantitative estimate of drug-likeness (QED) is 0.577. The number of halogens is 3. The first-order valence-corrected chi connectivity index (χ1v) is 8.13. The molecule has 3 nitrogen and oxygen atoms in total. The SMILES string of the molecule is CC=CCN(C(=S)Nc1cccc(C#N)c1)c1cccc(C(F)(F)F)c1. The Morgan fingerprint density at radius 1 is 1.23 bits per heavy atom. The van der Waals surface area contributed by atoms with Crippen LogP contribution in [-0.2, 0) is 6.18 Å². The van der Waals surface area contributed by atoms with Gasteiger partial charge in [-0.3, -0.25) is 0 Å². The summed E-state index contributed by atoms with van der Waals surface area (Å²) in [5, 5.41) is 12.2. The lowest BCUT2D eigenvalue weighted by atomic mass is 10.2. The monoisotopic (exact) mass is 375 g/mol. The lowest BCUT2D eigenvalue weighted by Gasteiger charge is -2.25. The van der Waals surface area contributed by atoms with E-state index < -0.39 is 11.7 Å². The second-order valence-corrected chi connectivity index (χ2v) is 5.74. The van der Waals surface area contributed by atoms with E-state index in [9.17, 15) is 13.2 Å². The second-order valence-electron chi connectivity index (χ2n) is 5.35. The number of nitriles is 1. The zero-order valence-electron chi connectivity index (χ0n) is 13.9. The molecular weight excluding hydrogens is 359 g/mol. The molecule has 0 aliphatic carbocycles. The summed E-state index contributed by atoms with van der Waals surface area (Å²) in [6.45, 7) is 2.12. The highest BCUT2D eigenvalue weighted by atomic mass is 32.1. The Morgan fingerprint density at radius 2 is 1.96 bits per heavy atom. The van der Waals surface area contributed by atoms with Crippen LogP contribution in [0.25, 0.3) is 0 Å². The Hall–Kier alpha value is -2.85. The molecule has 0 aliphatic heterocycles. The van der Waals surface area contributed by atoms with Gasteiger partial charge in [0.1, 0.15) is 0 Å². The van der Waals surface area contributed by atoms with E-state index in [2.05, 4.69) is 5.32 Å². The largest absolute Gasteiger partial charge is 0.416 e. The van der Waals surface area contributed by atoms with E-state index in [1.807, 2.05) is 13.0 Å². The molecule has 134 valence electrons. The number of benzene rings is 2. The summed E-state index contributed by atoms with van der Waals surface area (Å²) in [7, 11) is 0. The van der Waals surface area contributed by atoms with Gasteiger partial charge in [-0.25, -0.2) is 0 Å². The third-order valence-corrected chi connectivity index (χ3v) is 3.82. The molecule has 0 unspecified atom stereocenters. The average molecular weight is 375 g/mol. The van der Waals surface area contributed by atoms with Gasteiger partial charge in [0.05, 0.1) is 17.2 Å². The van der Waals surface area contributed by atoms with E-state index in [1.54, 1.807) is 47.4 Å². The van der Waals surface area contributed by atoms with Crippen LogP contribution >= 0.6 is 12.2 Å². The predicted octanol–water partition coefficient (Wildman–Crippen LogP) is 5.36. The Morgan fingerprint density at radius 3 is 2.62 bits per heavy atom. The molecule has 2 rings (SSSR count). The highest BCUT2D eigenvalue weighted by Crippen LogP contribution is 2.31. The number of thiocarbonyl (C=S) groups is 1. The van der Waals surface area contributed by atoms with Crippen molar-refractivity contribution >= 4 is 28.7 Å². The summed E-state index contributed by atoms with van der Waals surface area (Å²) >= 11 is 5.39. The Bertz CT molecular complexity index is 854. The van der Waals surface area contributed by atoms with Crippen molar-refractivity contribution in [1.29, 1.82) is 5.26 Å². The molecule has 0 aliphatic rings.